The maximum absolute atomic E-state index is 6.18. The van der Waals surface area contributed by atoms with E-state index in [2.05, 4.69) is 0 Å². The maximum atomic E-state index is 6.18. The lowest BCUT2D eigenvalue weighted by Gasteiger charge is -2.25. The average Bonchev–Trinajstić information content (AvgIpc) is 2.04. The van der Waals surface area contributed by atoms with Gasteiger partial charge in [0, 0.05) is 10.6 Å². The summed E-state index contributed by atoms with van der Waals surface area (Å²) in [4.78, 5) is 0. The van der Waals surface area contributed by atoms with Gasteiger partial charge in [0.15, 0.2) is 0 Å². The van der Waals surface area contributed by atoms with Gasteiger partial charge in [-0.15, -0.1) is 0 Å². The van der Waals surface area contributed by atoms with Gasteiger partial charge in [-0.2, -0.15) is 0 Å². The Kier molecular flexibility index (Phi) is 3.50. The second-order valence-electron chi connectivity index (χ2n) is 3.26. The number of halogens is 3. The monoisotopic (exact) mass is 236 g/mol. The van der Waals surface area contributed by atoms with Crippen LogP contribution < -0.4 is 0 Å². The summed E-state index contributed by atoms with van der Waals surface area (Å²) in [6.07, 6.45) is 0. The highest BCUT2D eigenvalue weighted by Gasteiger charge is 2.32. The van der Waals surface area contributed by atoms with E-state index in [-0.39, 0.29) is 5.92 Å². The van der Waals surface area contributed by atoms with Crippen molar-refractivity contribution < 1.29 is 0 Å². The fourth-order valence-corrected chi connectivity index (χ4v) is 1.75. The van der Waals surface area contributed by atoms with E-state index < -0.39 is 4.33 Å². The molecule has 0 atom stereocenters. The SMILES string of the molecule is CC(C)C(Cl)(Cl)c1ccccc1Cl. The minimum Gasteiger partial charge on any atom is -0.0960 e. The predicted octanol–water partition coefficient (Wildman–Crippen LogP) is 4.63. The summed E-state index contributed by atoms with van der Waals surface area (Å²) in [7, 11) is 0. The molecule has 0 unspecified atom stereocenters. The van der Waals surface area contributed by atoms with Crippen molar-refractivity contribution in [3.63, 3.8) is 0 Å². The fraction of sp³-hybridized carbons (Fsp3) is 0.400. The summed E-state index contributed by atoms with van der Waals surface area (Å²) in [5, 5.41) is 0.612. The Morgan fingerprint density at radius 3 is 2.15 bits per heavy atom. The Hall–Kier alpha value is 0.0900. The van der Waals surface area contributed by atoms with Gasteiger partial charge < -0.3 is 0 Å². The quantitative estimate of drug-likeness (QED) is 0.658. The van der Waals surface area contributed by atoms with Crippen LogP contribution in [0.3, 0.4) is 0 Å². The predicted molar refractivity (Wildman–Crippen MR) is 59.7 cm³/mol. The Morgan fingerprint density at radius 1 is 1.15 bits per heavy atom. The van der Waals surface area contributed by atoms with E-state index in [1.54, 1.807) is 6.07 Å². The first-order chi connectivity index (χ1) is 5.96. The van der Waals surface area contributed by atoms with Crippen molar-refractivity contribution in [3.05, 3.63) is 34.9 Å². The van der Waals surface area contributed by atoms with E-state index >= 15 is 0 Å². The van der Waals surface area contributed by atoms with Gasteiger partial charge in [-0.05, 0) is 12.0 Å². The van der Waals surface area contributed by atoms with Gasteiger partial charge >= 0.3 is 0 Å². The first-order valence-electron chi connectivity index (χ1n) is 4.09. The van der Waals surface area contributed by atoms with Crippen molar-refractivity contribution in [3.8, 4) is 0 Å². The summed E-state index contributed by atoms with van der Waals surface area (Å²) in [5.74, 6) is 0.121. The molecule has 0 bridgehead atoms. The van der Waals surface area contributed by atoms with Crippen molar-refractivity contribution >= 4 is 34.8 Å². The summed E-state index contributed by atoms with van der Waals surface area (Å²) >= 11 is 18.3. The van der Waals surface area contributed by atoms with Gasteiger partial charge in [-0.1, -0.05) is 66.8 Å². The molecule has 0 saturated heterocycles. The first kappa shape index (κ1) is 11.2. The molecule has 0 nitrogen and oxygen atoms in total. The smallest absolute Gasteiger partial charge is 0.0960 e. The highest BCUT2D eigenvalue weighted by Crippen LogP contribution is 2.43. The standard InChI is InChI=1S/C10H11Cl3/c1-7(2)10(12,13)8-5-3-4-6-9(8)11/h3-7H,1-2H3. The highest BCUT2D eigenvalue weighted by molar-refractivity contribution is 6.49. The number of benzene rings is 1. The lowest BCUT2D eigenvalue weighted by Crippen LogP contribution is -2.18. The molecule has 1 aromatic carbocycles. The first-order valence-corrected chi connectivity index (χ1v) is 5.22. The zero-order valence-electron chi connectivity index (χ0n) is 7.52. The molecule has 0 heterocycles. The van der Waals surface area contributed by atoms with Crippen LogP contribution in [0.25, 0.3) is 0 Å². The van der Waals surface area contributed by atoms with Crippen LogP contribution in [0.15, 0.2) is 24.3 Å². The van der Waals surface area contributed by atoms with Crippen molar-refractivity contribution in [1.82, 2.24) is 0 Å². The van der Waals surface area contributed by atoms with Crippen LogP contribution in [0.2, 0.25) is 5.02 Å². The molecule has 0 radical (unpaired) electrons. The van der Waals surface area contributed by atoms with Crippen molar-refractivity contribution in [2.45, 2.75) is 18.2 Å². The summed E-state index contributed by atoms with van der Waals surface area (Å²) in [5.41, 5.74) is 0.773. The molecule has 0 aliphatic carbocycles. The van der Waals surface area contributed by atoms with Crippen molar-refractivity contribution in [2.24, 2.45) is 5.92 Å². The topological polar surface area (TPSA) is 0 Å². The molecule has 72 valence electrons. The van der Waals surface area contributed by atoms with Crippen LogP contribution in [0.4, 0.5) is 0 Å². The molecule has 0 aromatic heterocycles. The van der Waals surface area contributed by atoms with Gasteiger partial charge in [-0.25, -0.2) is 0 Å². The van der Waals surface area contributed by atoms with Gasteiger partial charge in [-0.3, -0.25) is 0 Å². The second-order valence-corrected chi connectivity index (χ2v) is 5.05. The summed E-state index contributed by atoms with van der Waals surface area (Å²) < 4.78 is -0.904. The third-order valence-corrected chi connectivity index (χ3v) is 3.57. The van der Waals surface area contributed by atoms with Crippen molar-refractivity contribution in [1.29, 1.82) is 0 Å². The Balaban J connectivity index is 3.14. The zero-order chi connectivity index (χ0) is 10.1. The molecular formula is C10H11Cl3. The van der Waals surface area contributed by atoms with Crippen LogP contribution in [-0.2, 0) is 4.33 Å². The van der Waals surface area contributed by atoms with E-state index in [9.17, 15) is 0 Å². The summed E-state index contributed by atoms with van der Waals surface area (Å²) in [6, 6.07) is 7.38. The molecule has 3 heteroatoms. The van der Waals surface area contributed by atoms with E-state index in [1.807, 2.05) is 32.0 Å². The van der Waals surface area contributed by atoms with Crippen LogP contribution in [0, 0.1) is 5.92 Å². The number of alkyl halides is 2. The van der Waals surface area contributed by atoms with E-state index in [0.717, 1.165) is 5.56 Å². The minimum atomic E-state index is -0.904. The second kappa shape index (κ2) is 4.08. The third kappa shape index (κ3) is 2.31. The number of rotatable bonds is 2. The molecule has 0 fully saturated rings. The van der Waals surface area contributed by atoms with E-state index in [0.29, 0.717) is 5.02 Å². The van der Waals surface area contributed by atoms with Crippen LogP contribution in [0.5, 0.6) is 0 Å². The van der Waals surface area contributed by atoms with Gasteiger partial charge in [0.1, 0.15) is 4.33 Å². The van der Waals surface area contributed by atoms with Gasteiger partial charge in [0.2, 0.25) is 0 Å². The van der Waals surface area contributed by atoms with E-state index in [1.165, 1.54) is 0 Å². The summed E-state index contributed by atoms with van der Waals surface area (Å²) in [6.45, 7) is 3.92. The lowest BCUT2D eigenvalue weighted by atomic mass is 10.0. The maximum Gasteiger partial charge on any atom is 0.146 e. The largest absolute Gasteiger partial charge is 0.146 e. The molecule has 0 amide bonds. The molecule has 1 aromatic rings. The molecule has 0 spiro atoms. The Bertz CT molecular complexity index is 292. The Labute approximate surface area is 93.8 Å². The molecule has 0 aliphatic rings. The molecule has 0 aliphatic heterocycles. The lowest BCUT2D eigenvalue weighted by molar-refractivity contribution is 0.572. The van der Waals surface area contributed by atoms with Gasteiger partial charge in [0.25, 0.3) is 0 Å². The van der Waals surface area contributed by atoms with Crippen LogP contribution in [0.1, 0.15) is 19.4 Å². The normalized spacial score (nSPS) is 12.2. The Morgan fingerprint density at radius 2 is 1.69 bits per heavy atom. The van der Waals surface area contributed by atoms with Crippen LogP contribution >= 0.6 is 34.8 Å². The van der Waals surface area contributed by atoms with E-state index in [4.69, 9.17) is 34.8 Å². The fourth-order valence-electron chi connectivity index (χ4n) is 1.04. The molecular weight excluding hydrogens is 226 g/mol. The highest BCUT2D eigenvalue weighted by atomic mass is 35.5. The minimum absolute atomic E-state index is 0.121. The third-order valence-electron chi connectivity index (χ3n) is 1.96. The van der Waals surface area contributed by atoms with Crippen LogP contribution in [-0.4, -0.2) is 0 Å². The molecule has 1 rings (SSSR count). The zero-order valence-corrected chi connectivity index (χ0v) is 9.79. The molecule has 0 N–H and O–H groups in total. The average molecular weight is 238 g/mol. The van der Waals surface area contributed by atoms with Gasteiger partial charge in [0.05, 0.1) is 0 Å². The molecule has 0 saturated carbocycles. The molecule has 13 heavy (non-hydrogen) atoms. The number of hydrogen-bond donors (Lipinski definition) is 0. The number of hydrogen-bond acceptors (Lipinski definition) is 0. The van der Waals surface area contributed by atoms with Crippen molar-refractivity contribution in [2.75, 3.05) is 0 Å².